The van der Waals surface area contributed by atoms with E-state index < -0.39 is 11.2 Å². The number of ether oxygens (including phenoxy) is 1. The Labute approximate surface area is 173 Å². The molecule has 4 rings (SSSR count). The van der Waals surface area contributed by atoms with E-state index in [1.807, 2.05) is 30.3 Å². The summed E-state index contributed by atoms with van der Waals surface area (Å²) < 4.78 is 8.83. The lowest BCUT2D eigenvalue weighted by Gasteiger charge is -2.09. The quantitative estimate of drug-likeness (QED) is 0.491. The first-order chi connectivity index (χ1) is 13.9. The molecule has 148 valence electrons. The molecule has 2 N–H and O–H groups in total. The van der Waals surface area contributed by atoms with Crippen LogP contribution in [0, 0.1) is 0 Å². The Hall–Kier alpha value is -3.33. The van der Waals surface area contributed by atoms with Crippen molar-refractivity contribution in [1.82, 2.24) is 19.1 Å². The number of methoxy groups -OCH3 is 1. The SMILES string of the molecule is COc1cc(Br)cc(-c2nc3c(c(=O)[nH]c(=O)n3Cc3ccccc3)n2C)c1O. The van der Waals surface area contributed by atoms with Crippen LogP contribution in [0.5, 0.6) is 11.5 Å². The number of nitrogens with one attached hydrogen (secondary N) is 1. The van der Waals surface area contributed by atoms with Crippen LogP contribution in [-0.2, 0) is 13.6 Å². The summed E-state index contributed by atoms with van der Waals surface area (Å²) in [7, 11) is 3.10. The van der Waals surface area contributed by atoms with Crippen LogP contribution >= 0.6 is 15.9 Å². The molecule has 8 nitrogen and oxygen atoms in total. The van der Waals surface area contributed by atoms with Gasteiger partial charge in [0.2, 0.25) is 0 Å². The van der Waals surface area contributed by atoms with Crippen LogP contribution in [0.1, 0.15) is 5.56 Å². The third-order valence-corrected chi connectivity index (χ3v) is 5.15. The van der Waals surface area contributed by atoms with Crippen molar-refractivity contribution in [2.75, 3.05) is 7.11 Å². The van der Waals surface area contributed by atoms with Crippen LogP contribution < -0.4 is 16.0 Å². The molecule has 0 aliphatic carbocycles. The number of phenolic OH excluding ortho intramolecular Hbond substituents is 1. The van der Waals surface area contributed by atoms with Crippen LogP contribution in [0.4, 0.5) is 0 Å². The van der Waals surface area contributed by atoms with E-state index in [-0.39, 0.29) is 29.2 Å². The molecule has 0 aliphatic heterocycles. The van der Waals surface area contributed by atoms with E-state index in [0.717, 1.165) is 5.56 Å². The molecular formula is C20H17BrN4O4. The zero-order chi connectivity index (χ0) is 20.7. The van der Waals surface area contributed by atoms with Gasteiger partial charge in [0.25, 0.3) is 5.56 Å². The molecule has 0 saturated carbocycles. The number of aromatic nitrogens is 4. The molecule has 0 amide bonds. The maximum absolute atomic E-state index is 12.5. The molecule has 9 heteroatoms. The Morgan fingerprint density at radius 1 is 1.21 bits per heavy atom. The molecule has 0 spiro atoms. The van der Waals surface area contributed by atoms with Crippen LogP contribution in [-0.4, -0.2) is 31.3 Å². The maximum atomic E-state index is 12.5. The highest BCUT2D eigenvalue weighted by Gasteiger charge is 2.21. The number of halogens is 1. The first-order valence-corrected chi connectivity index (χ1v) is 9.50. The second-order valence-corrected chi connectivity index (χ2v) is 7.42. The van der Waals surface area contributed by atoms with Gasteiger partial charge in [0.15, 0.2) is 22.7 Å². The minimum atomic E-state index is -0.549. The van der Waals surface area contributed by atoms with Gasteiger partial charge in [-0.1, -0.05) is 46.3 Å². The predicted octanol–water partition coefficient (Wildman–Crippen LogP) is 2.62. The van der Waals surface area contributed by atoms with Crippen molar-refractivity contribution >= 4 is 27.1 Å². The van der Waals surface area contributed by atoms with Gasteiger partial charge in [-0.25, -0.2) is 9.78 Å². The molecule has 0 unspecified atom stereocenters. The number of aromatic hydroxyl groups is 1. The highest BCUT2D eigenvalue weighted by molar-refractivity contribution is 9.10. The molecule has 0 bridgehead atoms. The first kappa shape index (κ1) is 19.0. The number of fused-ring (bicyclic) bond motifs is 1. The van der Waals surface area contributed by atoms with Crippen molar-refractivity contribution in [3.63, 3.8) is 0 Å². The number of hydrogen-bond acceptors (Lipinski definition) is 5. The number of rotatable bonds is 4. The Morgan fingerprint density at radius 2 is 1.93 bits per heavy atom. The molecule has 2 aromatic heterocycles. The summed E-state index contributed by atoms with van der Waals surface area (Å²) in [5.74, 6) is 0.481. The monoisotopic (exact) mass is 456 g/mol. The van der Waals surface area contributed by atoms with Gasteiger partial charge in [-0.15, -0.1) is 0 Å². The molecule has 0 aliphatic rings. The topological polar surface area (TPSA) is 102 Å². The van der Waals surface area contributed by atoms with Gasteiger partial charge >= 0.3 is 5.69 Å². The van der Waals surface area contributed by atoms with E-state index in [1.54, 1.807) is 23.7 Å². The normalized spacial score (nSPS) is 11.1. The van der Waals surface area contributed by atoms with Gasteiger partial charge in [-0.3, -0.25) is 14.3 Å². The lowest BCUT2D eigenvalue weighted by molar-refractivity contribution is 0.374. The largest absolute Gasteiger partial charge is 0.504 e. The third kappa shape index (κ3) is 3.23. The molecule has 29 heavy (non-hydrogen) atoms. The Morgan fingerprint density at radius 3 is 2.62 bits per heavy atom. The molecule has 0 radical (unpaired) electrons. The summed E-state index contributed by atoms with van der Waals surface area (Å²) >= 11 is 3.39. The maximum Gasteiger partial charge on any atom is 0.330 e. The van der Waals surface area contributed by atoms with E-state index >= 15 is 0 Å². The summed E-state index contributed by atoms with van der Waals surface area (Å²) in [6.07, 6.45) is 0. The summed E-state index contributed by atoms with van der Waals surface area (Å²) in [6, 6.07) is 12.7. The van der Waals surface area contributed by atoms with E-state index in [2.05, 4.69) is 25.9 Å². The number of benzene rings is 2. The van der Waals surface area contributed by atoms with Gasteiger partial charge in [0.05, 0.1) is 19.2 Å². The van der Waals surface area contributed by atoms with Gasteiger partial charge in [0, 0.05) is 11.5 Å². The van der Waals surface area contributed by atoms with E-state index in [9.17, 15) is 14.7 Å². The van der Waals surface area contributed by atoms with Gasteiger partial charge in [0.1, 0.15) is 5.82 Å². The number of imidazole rings is 1. The van der Waals surface area contributed by atoms with Crippen molar-refractivity contribution in [1.29, 1.82) is 0 Å². The molecule has 2 heterocycles. The molecule has 0 fully saturated rings. The summed E-state index contributed by atoms with van der Waals surface area (Å²) in [5, 5.41) is 10.6. The minimum Gasteiger partial charge on any atom is -0.504 e. The smallest absolute Gasteiger partial charge is 0.330 e. The zero-order valence-corrected chi connectivity index (χ0v) is 17.2. The van der Waals surface area contributed by atoms with Crippen molar-refractivity contribution < 1.29 is 9.84 Å². The molecule has 2 aromatic carbocycles. The highest BCUT2D eigenvalue weighted by Crippen LogP contribution is 2.39. The number of hydrogen-bond donors (Lipinski definition) is 2. The van der Waals surface area contributed by atoms with Crippen molar-refractivity contribution in [3.8, 4) is 22.9 Å². The number of H-pyrrole nitrogens is 1. The van der Waals surface area contributed by atoms with Crippen molar-refractivity contribution in [3.05, 3.63) is 73.3 Å². The van der Waals surface area contributed by atoms with E-state index in [0.29, 0.717) is 15.9 Å². The summed E-state index contributed by atoms with van der Waals surface area (Å²) in [4.78, 5) is 31.9. The second kappa shape index (κ2) is 7.25. The number of aryl methyl sites for hydroxylation is 1. The predicted molar refractivity (Wildman–Crippen MR) is 112 cm³/mol. The van der Waals surface area contributed by atoms with Crippen LogP contribution in [0.3, 0.4) is 0 Å². The molecular weight excluding hydrogens is 440 g/mol. The highest BCUT2D eigenvalue weighted by atomic mass is 79.9. The minimum absolute atomic E-state index is 0.109. The van der Waals surface area contributed by atoms with Gasteiger partial charge in [-0.05, 0) is 17.7 Å². The average Bonchev–Trinajstić information content (AvgIpc) is 3.05. The van der Waals surface area contributed by atoms with E-state index in [1.165, 1.54) is 11.7 Å². The number of phenols is 1. The van der Waals surface area contributed by atoms with Crippen LogP contribution in [0.15, 0.2) is 56.5 Å². The fourth-order valence-electron chi connectivity index (χ4n) is 3.30. The molecule has 0 saturated heterocycles. The van der Waals surface area contributed by atoms with Crippen molar-refractivity contribution in [2.24, 2.45) is 7.05 Å². The summed E-state index contributed by atoms with van der Waals surface area (Å²) in [5.41, 5.74) is 0.631. The number of nitrogens with zero attached hydrogens (tertiary/aromatic N) is 3. The summed E-state index contributed by atoms with van der Waals surface area (Å²) in [6.45, 7) is 0.247. The zero-order valence-electron chi connectivity index (χ0n) is 15.6. The average molecular weight is 457 g/mol. The lowest BCUT2D eigenvalue weighted by Crippen LogP contribution is -2.31. The molecule has 4 aromatic rings. The fourth-order valence-corrected chi connectivity index (χ4v) is 3.74. The van der Waals surface area contributed by atoms with Gasteiger partial charge in [-0.2, -0.15) is 0 Å². The number of aromatic amines is 1. The van der Waals surface area contributed by atoms with Crippen LogP contribution in [0.2, 0.25) is 0 Å². The lowest BCUT2D eigenvalue weighted by atomic mass is 10.1. The Balaban J connectivity index is 2.00. The first-order valence-electron chi connectivity index (χ1n) is 8.71. The van der Waals surface area contributed by atoms with Gasteiger partial charge < -0.3 is 14.4 Å². The van der Waals surface area contributed by atoms with E-state index in [4.69, 9.17) is 4.74 Å². The second-order valence-electron chi connectivity index (χ2n) is 6.50. The van der Waals surface area contributed by atoms with Crippen LogP contribution in [0.25, 0.3) is 22.6 Å². The molecule has 0 atom stereocenters. The standard InChI is InChI=1S/C20H17BrN4O4/c1-24-15-18(22-17(24)13-8-12(21)9-14(29-2)16(13)26)25(20(28)23-19(15)27)10-11-6-4-3-5-7-11/h3-9,26H,10H2,1-2H3,(H,23,27,28). The van der Waals surface area contributed by atoms with Crippen molar-refractivity contribution in [2.45, 2.75) is 6.54 Å². The third-order valence-electron chi connectivity index (χ3n) is 4.70. The Kier molecular flexibility index (Phi) is 4.75. The Bertz CT molecular complexity index is 1340. The fraction of sp³-hybridized carbons (Fsp3) is 0.150.